The summed E-state index contributed by atoms with van der Waals surface area (Å²) in [6.07, 6.45) is 3.46. The molecular formula is C24H27NO5. The molecule has 0 N–H and O–H groups in total. The van der Waals surface area contributed by atoms with Crippen molar-refractivity contribution in [1.82, 2.24) is 4.90 Å². The lowest BCUT2D eigenvalue weighted by atomic mass is 10.0. The van der Waals surface area contributed by atoms with E-state index >= 15 is 0 Å². The lowest BCUT2D eigenvalue weighted by molar-refractivity contribution is -0.139. The van der Waals surface area contributed by atoms with Crippen LogP contribution in [0.1, 0.15) is 49.9 Å². The highest BCUT2D eigenvalue weighted by molar-refractivity contribution is 5.92. The molecule has 2 aromatic rings. The van der Waals surface area contributed by atoms with Gasteiger partial charge in [0.05, 0.1) is 5.56 Å². The maximum absolute atomic E-state index is 12.6. The molecule has 1 aliphatic heterocycles. The molecule has 3 rings (SSSR count). The number of nitrogens with zero attached hydrogens (tertiary/aromatic N) is 1. The summed E-state index contributed by atoms with van der Waals surface area (Å²) in [7, 11) is 0. The summed E-state index contributed by atoms with van der Waals surface area (Å²) in [5, 5.41) is 0. The van der Waals surface area contributed by atoms with Gasteiger partial charge in [-0.15, -0.1) is 0 Å². The predicted molar refractivity (Wildman–Crippen MR) is 113 cm³/mol. The van der Waals surface area contributed by atoms with Crippen LogP contribution in [0.25, 0.3) is 11.1 Å². The van der Waals surface area contributed by atoms with Crippen LogP contribution in [-0.4, -0.2) is 41.9 Å². The second kappa shape index (κ2) is 10.1. The zero-order chi connectivity index (χ0) is 21.5. The lowest BCUT2D eigenvalue weighted by Gasteiger charge is -2.24. The van der Waals surface area contributed by atoms with E-state index in [4.69, 9.17) is 9.47 Å². The molecule has 1 amide bonds. The molecule has 1 atom stereocenters. The topological polar surface area (TPSA) is 72.9 Å². The largest absolute Gasteiger partial charge is 0.449 e. The van der Waals surface area contributed by atoms with Crippen molar-refractivity contribution >= 4 is 17.8 Å². The number of ether oxygens (including phenoxy) is 2. The van der Waals surface area contributed by atoms with Crippen LogP contribution in [-0.2, 0) is 14.3 Å². The quantitative estimate of drug-likeness (QED) is 0.546. The van der Waals surface area contributed by atoms with Gasteiger partial charge in [0.1, 0.15) is 5.75 Å². The molecule has 0 radical (unpaired) electrons. The van der Waals surface area contributed by atoms with Crippen LogP contribution in [0.3, 0.4) is 0 Å². The second-order valence-corrected chi connectivity index (χ2v) is 7.48. The molecule has 6 heteroatoms. The molecule has 2 aromatic carbocycles. The van der Waals surface area contributed by atoms with Crippen molar-refractivity contribution in [2.45, 2.75) is 45.6 Å². The highest BCUT2D eigenvalue weighted by Crippen LogP contribution is 2.23. The van der Waals surface area contributed by atoms with Gasteiger partial charge >= 0.3 is 11.9 Å². The van der Waals surface area contributed by atoms with Crippen molar-refractivity contribution in [2.75, 3.05) is 13.1 Å². The number of carbonyl (C=O) groups is 3. The van der Waals surface area contributed by atoms with Crippen LogP contribution < -0.4 is 4.74 Å². The van der Waals surface area contributed by atoms with E-state index in [2.05, 4.69) is 0 Å². The van der Waals surface area contributed by atoms with Crippen LogP contribution in [0.15, 0.2) is 48.5 Å². The van der Waals surface area contributed by atoms with E-state index in [1.807, 2.05) is 24.3 Å². The highest BCUT2D eigenvalue weighted by atomic mass is 16.5. The number of benzene rings is 2. The number of rotatable bonds is 5. The standard InChI is InChI=1S/C24H27NO5/c1-17(23(27)25-15-5-3-4-6-16-25)29-24(28)21-9-7-19(8-10-21)20-11-13-22(14-12-20)30-18(2)26/h7-14,17H,3-6,15-16H2,1-2H3/t17-/m1/s1. The summed E-state index contributed by atoms with van der Waals surface area (Å²) >= 11 is 0. The molecule has 1 aliphatic rings. The van der Waals surface area contributed by atoms with Gasteiger partial charge in [0, 0.05) is 20.0 Å². The van der Waals surface area contributed by atoms with Crippen LogP contribution >= 0.6 is 0 Å². The summed E-state index contributed by atoms with van der Waals surface area (Å²) in [5.74, 6) is -0.527. The Hall–Kier alpha value is -3.15. The second-order valence-electron chi connectivity index (χ2n) is 7.48. The van der Waals surface area contributed by atoms with Crippen molar-refractivity contribution in [3.05, 3.63) is 54.1 Å². The molecule has 1 fully saturated rings. The first-order chi connectivity index (χ1) is 14.4. The monoisotopic (exact) mass is 409 g/mol. The third-order valence-corrected chi connectivity index (χ3v) is 5.12. The van der Waals surface area contributed by atoms with Crippen molar-refractivity contribution in [3.8, 4) is 16.9 Å². The third kappa shape index (κ3) is 5.69. The molecule has 0 saturated carbocycles. The Morgan fingerprint density at radius 1 is 0.833 bits per heavy atom. The Balaban J connectivity index is 1.60. The fourth-order valence-corrected chi connectivity index (χ4v) is 3.51. The molecule has 1 saturated heterocycles. The summed E-state index contributed by atoms with van der Waals surface area (Å²) in [5.41, 5.74) is 2.23. The van der Waals surface area contributed by atoms with Crippen LogP contribution in [0.4, 0.5) is 0 Å². The average Bonchev–Trinajstić information content (AvgIpc) is 3.03. The van der Waals surface area contributed by atoms with E-state index in [0.29, 0.717) is 11.3 Å². The van der Waals surface area contributed by atoms with Gasteiger partial charge in [0.15, 0.2) is 6.10 Å². The minimum absolute atomic E-state index is 0.130. The summed E-state index contributed by atoms with van der Waals surface area (Å²) in [4.78, 5) is 37.8. The first kappa shape index (κ1) is 21.6. The normalized spacial score (nSPS) is 15.1. The highest BCUT2D eigenvalue weighted by Gasteiger charge is 2.24. The molecule has 0 bridgehead atoms. The van der Waals surface area contributed by atoms with E-state index < -0.39 is 12.1 Å². The summed E-state index contributed by atoms with van der Waals surface area (Å²) in [6, 6.07) is 14.1. The Labute approximate surface area is 176 Å². The van der Waals surface area contributed by atoms with Gasteiger partial charge in [-0.3, -0.25) is 9.59 Å². The number of amides is 1. The molecule has 1 heterocycles. The fourth-order valence-electron chi connectivity index (χ4n) is 3.51. The van der Waals surface area contributed by atoms with Gasteiger partial charge in [0.25, 0.3) is 5.91 Å². The van der Waals surface area contributed by atoms with E-state index in [1.165, 1.54) is 6.92 Å². The molecule has 0 aliphatic carbocycles. The van der Waals surface area contributed by atoms with Crippen molar-refractivity contribution < 1.29 is 23.9 Å². The van der Waals surface area contributed by atoms with Gasteiger partial charge in [-0.25, -0.2) is 4.79 Å². The van der Waals surface area contributed by atoms with Gasteiger partial charge in [-0.2, -0.15) is 0 Å². The van der Waals surface area contributed by atoms with Crippen molar-refractivity contribution in [2.24, 2.45) is 0 Å². The smallest absolute Gasteiger partial charge is 0.338 e. The van der Waals surface area contributed by atoms with Gasteiger partial charge in [0.2, 0.25) is 0 Å². The number of esters is 2. The molecule has 6 nitrogen and oxygen atoms in total. The Kier molecular flexibility index (Phi) is 7.22. The number of likely N-dealkylation sites (tertiary alicyclic amines) is 1. The molecular weight excluding hydrogens is 382 g/mol. The summed E-state index contributed by atoms with van der Waals surface area (Å²) in [6.45, 7) is 4.44. The van der Waals surface area contributed by atoms with Gasteiger partial charge in [-0.1, -0.05) is 37.1 Å². The first-order valence-electron chi connectivity index (χ1n) is 10.3. The van der Waals surface area contributed by atoms with Crippen LogP contribution in [0.5, 0.6) is 5.75 Å². The van der Waals surface area contributed by atoms with Gasteiger partial charge < -0.3 is 14.4 Å². The Morgan fingerprint density at radius 3 is 1.90 bits per heavy atom. The Morgan fingerprint density at radius 2 is 1.37 bits per heavy atom. The maximum Gasteiger partial charge on any atom is 0.338 e. The number of hydrogen-bond acceptors (Lipinski definition) is 5. The van der Waals surface area contributed by atoms with Crippen LogP contribution in [0.2, 0.25) is 0 Å². The Bertz CT molecular complexity index is 881. The zero-order valence-electron chi connectivity index (χ0n) is 17.4. The molecule has 158 valence electrons. The van der Waals surface area contributed by atoms with Crippen molar-refractivity contribution in [1.29, 1.82) is 0 Å². The average molecular weight is 409 g/mol. The molecule has 30 heavy (non-hydrogen) atoms. The van der Waals surface area contributed by atoms with E-state index in [1.54, 1.807) is 36.1 Å². The third-order valence-electron chi connectivity index (χ3n) is 5.12. The van der Waals surface area contributed by atoms with Gasteiger partial charge in [-0.05, 0) is 55.2 Å². The maximum atomic E-state index is 12.6. The number of hydrogen-bond donors (Lipinski definition) is 0. The predicted octanol–water partition coefficient (Wildman–Crippen LogP) is 4.23. The van der Waals surface area contributed by atoms with E-state index in [0.717, 1.165) is 49.9 Å². The first-order valence-corrected chi connectivity index (χ1v) is 10.3. The fraction of sp³-hybridized carbons (Fsp3) is 0.375. The van der Waals surface area contributed by atoms with Crippen molar-refractivity contribution in [3.63, 3.8) is 0 Å². The minimum atomic E-state index is -0.802. The summed E-state index contributed by atoms with van der Waals surface area (Å²) < 4.78 is 10.4. The van der Waals surface area contributed by atoms with Crippen LogP contribution in [0, 0.1) is 0 Å². The SMILES string of the molecule is CC(=O)Oc1ccc(-c2ccc(C(=O)O[C@H](C)C(=O)N3CCCCCC3)cc2)cc1. The minimum Gasteiger partial charge on any atom is -0.449 e. The van der Waals surface area contributed by atoms with E-state index in [-0.39, 0.29) is 11.9 Å². The number of carbonyl (C=O) groups excluding carboxylic acids is 3. The molecule has 0 aromatic heterocycles. The zero-order valence-corrected chi connectivity index (χ0v) is 17.4. The lowest BCUT2D eigenvalue weighted by Crippen LogP contribution is -2.40. The molecule has 0 unspecified atom stereocenters. The van der Waals surface area contributed by atoms with E-state index in [9.17, 15) is 14.4 Å². The molecule has 0 spiro atoms.